The first-order valence-electron chi connectivity index (χ1n) is 6.75. The zero-order valence-corrected chi connectivity index (χ0v) is 12.8. The largest absolute Gasteiger partial charge is 0.465 e. The number of ether oxygens (including phenoxy) is 3. The van der Waals surface area contributed by atoms with Crippen LogP contribution in [0.15, 0.2) is 18.2 Å². The van der Waals surface area contributed by atoms with E-state index in [9.17, 15) is 14.4 Å². The summed E-state index contributed by atoms with van der Waals surface area (Å²) in [5.74, 6) is -1.39. The summed E-state index contributed by atoms with van der Waals surface area (Å²) in [6, 6.07) is 3.78. The maximum Gasteiger partial charge on any atom is 0.323 e. The number of nitrogens with two attached hydrogens (primary N) is 1. The van der Waals surface area contributed by atoms with E-state index < -0.39 is 23.9 Å². The van der Waals surface area contributed by atoms with Gasteiger partial charge in [0.2, 0.25) is 0 Å². The van der Waals surface area contributed by atoms with Gasteiger partial charge in [-0.05, 0) is 31.0 Å². The fourth-order valence-corrected chi connectivity index (χ4v) is 1.74. The zero-order valence-electron chi connectivity index (χ0n) is 12.8. The molecule has 7 heteroatoms. The quantitative estimate of drug-likeness (QED) is 0.616. The first-order valence-corrected chi connectivity index (χ1v) is 6.75. The molecule has 1 unspecified atom stereocenters. The van der Waals surface area contributed by atoms with Gasteiger partial charge in [0.05, 0.1) is 6.61 Å². The molecule has 0 amide bonds. The Balaban J connectivity index is 2.95. The maximum atomic E-state index is 11.5. The third-order valence-electron chi connectivity index (χ3n) is 2.56. The Morgan fingerprint density at radius 2 is 1.68 bits per heavy atom. The van der Waals surface area contributed by atoms with Crippen LogP contribution in [0.1, 0.15) is 26.3 Å². The third-order valence-corrected chi connectivity index (χ3v) is 2.56. The smallest absolute Gasteiger partial charge is 0.323 e. The molecule has 1 rings (SSSR count). The van der Waals surface area contributed by atoms with Gasteiger partial charge in [0, 0.05) is 13.8 Å². The SMILES string of the molecule is CCOC(=O)C(N)Cc1ccc(OC(C)=O)c(OC(C)=O)c1. The van der Waals surface area contributed by atoms with Gasteiger partial charge in [0.1, 0.15) is 6.04 Å². The van der Waals surface area contributed by atoms with Crippen LogP contribution >= 0.6 is 0 Å². The van der Waals surface area contributed by atoms with Gasteiger partial charge in [-0.15, -0.1) is 0 Å². The second-order valence-corrected chi connectivity index (χ2v) is 4.53. The van der Waals surface area contributed by atoms with Crippen molar-refractivity contribution in [1.82, 2.24) is 0 Å². The standard InChI is InChI=1S/C15H19NO6/c1-4-20-15(19)12(16)7-11-5-6-13(21-9(2)17)14(8-11)22-10(3)18/h5-6,8,12H,4,7,16H2,1-3H3. The minimum Gasteiger partial charge on any atom is -0.465 e. The first-order chi connectivity index (χ1) is 10.3. The molecule has 0 saturated heterocycles. The molecular formula is C15H19NO6. The minimum atomic E-state index is -0.829. The van der Waals surface area contributed by atoms with Gasteiger partial charge in [0.25, 0.3) is 0 Å². The highest BCUT2D eigenvalue weighted by Gasteiger charge is 2.17. The van der Waals surface area contributed by atoms with Gasteiger partial charge >= 0.3 is 17.9 Å². The van der Waals surface area contributed by atoms with E-state index in [1.54, 1.807) is 13.0 Å². The molecule has 0 bridgehead atoms. The van der Waals surface area contributed by atoms with Gasteiger partial charge in [0.15, 0.2) is 11.5 Å². The van der Waals surface area contributed by atoms with Crippen LogP contribution in [0.2, 0.25) is 0 Å². The van der Waals surface area contributed by atoms with E-state index in [1.807, 2.05) is 0 Å². The number of carbonyl (C=O) groups is 3. The van der Waals surface area contributed by atoms with Crippen molar-refractivity contribution in [1.29, 1.82) is 0 Å². The number of carbonyl (C=O) groups excluding carboxylic acids is 3. The van der Waals surface area contributed by atoms with E-state index in [2.05, 4.69) is 0 Å². The molecule has 0 aliphatic heterocycles. The fourth-order valence-electron chi connectivity index (χ4n) is 1.74. The van der Waals surface area contributed by atoms with E-state index >= 15 is 0 Å². The molecule has 120 valence electrons. The predicted molar refractivity (Wildman–Crippen MR) is 77.4 cm³/mol. The highest BCUT2D eigenvalue weighted by molar-refractivity contribution is 5.76. The van der Waals surface area contributed by atoms with Crippen LogP contribution in [0, 0.1) is 0 Å². The predicted octanol–water partition coefficient (Wildman–Crippen LogP) is 0.970. The summed E-state index contributed by atoms with van der Waals surface area (Å²) in [4.78, 5) is 33.7. The van der Waals surface area contributed by atoms with Crippen molar-refractivity contribution in [3.63, 3.8) is 0 Å². The summed E-state index contributed by atoms with van der Waals surface area (Å²) in [6.45, 7) is 4.41. The Labute approximate surface area is 128 Å². The van der Waals surface area contributed by atoms with Crippen molar-refractivity contribution in [2.24, 2.45) is 5.73 Å². The van der Waals surface area contributed by atoms with Gasteiger partial charge in [-0.1, -0.05) is 6.07 Å². The molecule has 1 atom stereocenters. The number of rotatable bonds is 6. The number of benzene rings is 1. The first kappa shape index (κ1) is 17.6. The third kappa shape index (κ3) is 5.53. The molecule has 0 fully saturated rings. The molecule has 0 aromatic heterocycles. The van der Waals surface area contributed by atoms with Crippen LogP contribution in [0.4, 0.5) is 0 Å². The Morgan fingerprint density at radius 3 is 2.23 bits per heavy atom. The monoisotopic (exact) mass is 309 g/mol. The van der Waals surface area contributed by atoms with Crippen LogP contribution in [-0.4, -0.2) is 30.6 Å². The summed E-state index contributed by atoms with van der Waals surface area (Å²) in [7, 11) is 0. The van der Waals surface area contributed by atoms with E-state index in [4.69, 9.17) is 19.9 Å². The second-order valence-electron chi connectivity index (χ2n) is 4.53. The Kier molecular flexibility index (Phi) is 6.52. The normalized spacial score (nSPS) is 11.5. The lowest BCUT2D eigenvalue weighted by Crippen LogP contribution is -2.34. The lowest BCUT2D eigenvalue weighted by atomic mass is 10.1. The molecule has 1 aromatic rings. The van der Waals surface area contributed by atoms with Crippen molar-refractivity contribution in [2.75, 3.05) is 6.61 Å². The van der Waals surface area contributed by atoms with E-state index in [0.717, 1.165) is 0 Å². The van der Waals surface area contributed by atoms with Crippen molar-refractivity contribution in [2.45, 2.75) is 33.2 Å². The van der Waals surface area contributed by atoms with Crippen LogP contribution in [-0.2, 0) is 25.5 Å². The molecule has 1 aromatic carbocycles. The Bertz CT molecular complexity index is 569. The second kappa shape index (κ2) is 8.14. The van der Waals surface area contributed by atoms with Crippen LogP contribution < -0.4 is 15.2 Å². The van der Waals surface area contributed by atoms with Crippen molar-refractivity contribution < 1.29 is 28.6 Å². The van der Waals surface area contributed by atoms with E-state index in [1.165, 1.54) is 26.0 Å². The van der Waals surface area contributed by atoms with E-state index in [-0.39, 0.29) is 24.5 Å². The van der Waals surface area contributed by atoms with Gasteiger partial charge < -0.3 is 19.9 Å². The molecule has 0 heterocycles. The van der Waals surface area contributed by atoms with Crippen molar-refractivity contribution in [3.8, 4) is 11.5 Å². The van der Waals surface area contributed by atoms with Crippen molar-refractivity contribution >= 4 is 17.9 Å². The molecule has 2 N–H and O–H groups in total. The lowest BCUT2D eigenvalue weighted by Gasteiger charge is -2.13. The number of hydrogen-bond donors (Lipinski definition) is 1. The van der Waals surface area contributed by atoms with Gasteiger partial charge in [-0.2, -0.15) is 0 Å². The average molecular weight is 309 g/mol. The molecule has 0 radical (unpaired) electrons. The summed E-state index contributed by atoms with van der Waals surface area (Å²) in [6.07, 6.45) is 0.202. The average Bonchev–Trinajstić information content (AvgIpc) is 2.40. The van der Waals surface area contributed by atoms with Crippen LogP contribution in [0.3, 0.4) is 0 Å². The van der Waals surface area contributed by atoms with Crippen LogP contribution in [0.5, 0.6) is 11.5 Å². The highest BCUT2D eigenvalue weighted by atomic mass is 16.6. The maximum absolute atomic E-state index is 11.5. The summed E-state index contributed by atoms with van der Waals surface area (Å²) >= 11 is 0. The molecular weight excluding hydrogens is 290 g/mol. The molecule has 22 heavy (non-hydrogen) atoms. The fraction of sp³-hybridized carbons (Fsp3) is 0.400. The summed E-state index contributed by atoms with van der Waals surface area (Å²) < 4.78 is 14.8. The lowest BCUT2D eigenvalue weighted by molar-refractivity contribution is -0.144. The molecule has 0 saturated carbocycles. The Morgan fingerprint density at radius 1 is 1.09 bits per heavy atom. The highest BCUT2D eigenvalue weighted by Crippen LogP contribution is 2.29. The Hall–Kier alpha value is -2.41. The number of hydrogen-bond acceptors (Lipinski definition) is 7. The van der Waals surface area contributed by atoms with Crippen molar-refractivity contribution in [3.05, 3.63) is 23.8 Å². The molecule has 0 spiro atoms. The van der Waals surface area contributed by atoms with Gasteiger partial charge in [-0.3, -0.25) is 14.4 Å². The minimum absolute atomic E-state index is 0.0938. The van der Waals surface area contributed by atoms with Crippen LogP contribution in [0.25, 0.3) is 0 Å². The zero-order chi connectivity index (χ0) is 16.7. The summed E-state index contributed by atoms with van der Waals surface area (Å²) in [5, 5.41) is 0. The summed E-state index contributed by atoms with van der Waals surface area (Å²) in [5.41, 5.74) is 6.38. The number of esters is 3. The molecule has 7 nitrogen and oxygen atoms in total. The van der Waals surface area contributed by atoms with E-state index in [0.29, 0.717) is 5.56 Å². The molecule has 0 aliphatic carbocycles. The topological polar surface area (TPSA) is 105 Å². The molecule has 0 aliphatic rings. The van der Waals surface area contributed by atoms with Gasteiger partial charge in [-0.25, -0.2) is 0 Å².